The van der Waals surface area contributed by atoms with Crippen LogP contribution < -0.4 is 9.47 Å². The Balaban J connectivity index is 2.00. The second-order valence-electron chi connectivity index (χ2n) is 8.06. The summed E-state index contributed by atoms with van der Waals surface area (Å²) in [6.07, 6.45) is 7.03. The zero-order chi connectivity index (χ0) is 22.8. The van der Waals surface area contributed by atoms with Crippen molar-refractivity contribution in [1.82, 2.24) is 0 Å². The first-order chi connectivity index (χ1) is 15.6. The molecule has 3 heteroatoms. The van der Waals surface area contributed by atoms with E-state index in [1.54, 1.807) is 7.11 Å². The van der Waals surface area contributed by atoms with E-state index in [0.29, 0.717) is 5.92 Å². The fraction of sp³-hybridized carbons (Fsp3) is 0.310. The summed E-state index contributed by atoms with van der Waals surface area (Å²) in [5.74, 6) is 2.30. The average Bonchev–Trinajstić information content (AvgIpc) is 2.84. The third kappa shape index (κ3) is 6.74. The van der Waals surface area contributed by atoms with Gasteiger partial charge in [-0.3, -0.25) is 0 Å². The van der Waals surface area contributed by atoms with Crippen molar-refractivity contribution < 1.29 is 9.47 Å². The normalized spacial score (nSPS) is 12.4. The zero-order valence-electron chi connectivity index (χ0n) is 19.3. The van der Waals surface area contributed by atoms with Gasteiger partial charge in [0.15, 0.2) is 0 Å². The van der Waals surface area contributed by atoms with Gasteiger partial charge in [-0.1, -0.05) is 91.5 Å². The van der Waals surface area contributed by atoms with Crippen molar-refractivity contribution in [3.05, 3.63) is 94.0 Å². The van der Waals surface area contributed by atoms with E-state index >= 15 is 0 Å². The lowest BCUT2D eigenvalue weighted by atomic mass is 9.95. The van der Waals surface area contributed by atoms with E-state index in [0.717, 1.165) is 51.3 Å². The van der Waals surface area contributed by atoms with E-state index in [9.17, 15) is 0 Å². The quantitative estimate of drug-likeness (QED) is 0.249. The highest BCUT2D eigenvalue weighted by Gasteiger charge is 2.12. The lowest BCUT2D eigenvalue weighted by molar-refractivity contribution is 0.232. The number of hydrogen-bond donors (Lipinski definition) is 0. The fourth-order valence-electron chi connectivity index (χ4n) is 3.74. The maximum atomic E-state index is 6.37. The first-order valence-electron chi connectivity index (χ1n) is 11.5. The Morgan fingerprint density at radius 1 is 0.938 bits per heavy atom. The molecular weight excluding hydrogens is 460 g/mol. The number of ether oxygens (including phenoxy) is 2. The molecule has 0 saturated heterocycles. The Morgan fingerprint density at radius 2 is 1.66 bits per heavy atom. The van der Waals surface area contributed by atoms with Crippen LogP contribution in [0.1, 0.15) is 56.2 Å². The van der Waals surface area contributed by atoms with Gasteiger partial charge in [-0.25, -0.2) is 0 Å². The van der Waals surface area contributed by atoms with Crippen molar-refractivity contribution in [1.29, 1.82) is 0 Å². The highest BCUT2D eigenvalue weighted by Crippen LogP contribution is 2.33. The fourth-order valence-corrected chi connectivity index (χ4v) is 4.00. The van der Waals surface area contributed by atoms with Crippen molar-refractivity contribution in [2.24, 2.45) is 5.92 Å². The van der Waals surface area contributed by atoms with E-state index in [1.807, 2.05) is 18.2 Å². The van der Waals surface area contributed by atoms with E-state index in [4.69, 9.17) is 9.47 Å². The lowest BCUT2D eigenvalue weighted by Gasteiger charge is -2.18. The first kappa shape index (κ1) is 24.1. The number of hydrogen-bond acceptors (Lipinski definition) is 2. The molecule has 0 radical (unpaired) electrons. The number of benzene rings is 3. The van der Waals surface area contributed by atoms with Gasteiger partial charge in [0.05, 0.1) is 13.7 Å². The molecule has 0 aliphatic heterocycles. The largest absolute Gasteiger partial charge is 0.497 e. The summed E-state index contributed by atoms with van der Waals surface area (Å²) in [6, 6.07) is 25.0. The van der Waals surface area contributed by atoms with Gasteiger partial charge < -0.3 is 9.47 Å². The Hall–Kier alpha value is -2.52. The van der Waals surface area contributed by atoms with E-state index in [1.165, 1.54) is 19.3 Å². The number of methoxy groups -OCH3 is 1. The molecule has 1 atom stereocenters. The van der Waals surface area contributed by atoms with Crippen LogP contribution in [0.4, 0.5) is 0 Å². The van der Waals surface area contributed by atoms with Crippen molar-refractivity contribution in [3.63, 3.8) is 0 Å². The van der Waals surface area contributed by atoms with Gasteiger partial charge in [-0.15, -0.1) is 0 Å². The van der Waals surface area contributed by atoms with Crippen LogP contribution in [-0.2, 0) is 0 Å². The van der Waals surface area contributed by atoms with Crippen LogP contribution in [0.2, 0.25) is 0 Å². The Kier molecular flexibility index (Phi) is 9.43. The molecule has 0 aromatic heterocycles. The van der Waals surface area contributed by atoms with Crippen molar-refractivity contribution in [2.75, 3.05) is 13.7 Å². The molecule has 0 bridgehead atoms. The molecule has 3 rings (SSSR count). The van der Waals surface area contributed by atoms with Crippen LogP contribution in [0.5, 0.6) is 11.5 Å². The van der Waals surface area contributed by atoms with Gasteiger partial charge in [0, 0.05) is 10.0 Å². The van der Waals surface area contributed by atoms with Gasteiger partial charge in [0.25, 0.3) is 0 Å². The predicted molar refractivity (Wildman–Crippen MR) is 139 cm³/mol. The van der Waals surface area contributed by atoms with Gasteiger partial charge >= 0.3 is 0 Å². The molecule has 2 nitrogen and oxygen atoms in total. The number of halogens is 1. The Labute approximate surface area is 201 Å². The van der Waals surface area contributed by atoms with Gasteiger partial charge in [-0.2, -0.15) is 0 Å². The van der Waals surface area contributed by atoms with Crippen molar-refractivity contribution >= 4 is 27.6 Å². The molecule has 168 valence electrons. The average molecular weight is 493 g/mol. The summed E-state index contributed by atoms with van der Waals surface area (Å²) in [7, 11) is 1.70. The number of rotatable bonds is 11. The molecule has 1 unspecified atom stereocenters. The predicted octanol–water partition coefficient (Wildman–Crippen LogP) is 8.64. The molecule has 0 N–H and O–H groups in total. The van der Waals surface area contributed by atoms with Gasteiger partial charge in [0.2, 0.25) is 0 Å². The summed E-state index contributed by atoms with van der Waals surface area (Å²) in [6.45, 7) is 5.23. The smallest absolute Gasteiger partial charge is 0.126 e. The topological polar surface area (TPSA) is 18.5 Å². The molecule has 0 aliphatic carbocycles. The highest BCUT2D eigenvalue weighted by atomic mass is 79.9. The first-order valence-corrected chi connectivity index (χ1v) is 12.3. The van der Waals surface area contributed by atoms with Crippen LogP contribution in [0.15, 0.2) is 77.3 Å². The SMILES string of the molecule is CCCCC(CC)COc1ccc(OC)cc1C=C(c1ccccc1)c1ccc(Br)cc1. The van der Waals surface area contributed by atoms with E-state index in [2.05, 4.69) is 90.5 Å². The summed E-state index contributed by atoms with van der Waals surface area (Å²) in [4.78, 5) is 0. The zero-order valence-corrected chi connectivity index (χ0v) is 20.9. The van der Waals surface area contributed by atoms with Crippen molar-refractivity contribution in [2.45, 2.75) is 39.5 Å². The standard InChI is InChI=1S/C29H33BrO2/c1-4-6-10-22(5-2)21-32-29-18-17-27(31-3)19-25(29)20-28(23-11-8-7-9-12-23)24-13-15-26(30)16-14-24/h7-9,11-20,22H,4-6,10,21H2,1-3H3. The third-order valence-corrected chi connectivity index (χ3v) is 6.30. The van der Waals surface area contributed by atoms with Crippen LogP contribution in [0.25, 0.3) is 11.6 Å². The summed E-state index contributed by atoms with van der Waals surface area (Å²) >= 11 is 3.55. The summed E-state index contributed by atoms with van der Waals surface area (Å²) in [5.41, 5.74) is 4.49. The molecule has 0 spiro atoms. The van der Waals surface area contributed by atoms with Crippen molar-refractivity contribution in [3.8, 4) is 11.5 Å². The van der Waals surface area contributed by atoms with Crippen LogP contribution in [-0.4, -0.2) is 13.7 Å². The Bertz CT molecular complexity index is 993. The molecule has 0 saturated carbocycles. The van der Waals surface area contributed by atoms with Crippen LogP contribution >= 0.6 is 15.9 Å². The molecule has 0 amide bonds. The van der Waals surface area contributed by atoms with E-state index in [-0.39, 0.29) is 0 Å². The third-order valence-electron chi connectivity index (χ3n) is 5.77. The summed E-state index contributed by atoms with van der Waals surface area (Å²) < 4.78 is 13.0. The maximum absolute atomic E-state index is 6.37. The van der Waals surface area contributed by atoms with E-state index < -0.39 is 0 Å². The minimum atomic E-state index is 0.578. The second-order valence-corrected chi connectivity index (χ2v) is 8.98. The minimum Gasteiger partial charge on any atom is -0.497 e. The second kappa shape index (κ2) is 12.5. The molecule has 0 fully saturated rings. The van der Waals surface area contributed by atoms with Crippen LogP contribution in [0.3, 0.4) is 0 Å². The maximum Gasteiger partial charge on any atom is 0.126 e. The lowest BCUT2D eigenvalue weighted by Crippen LogP contribution is -2.11. The monoisotopic (exact) mass is 492 g/mol. The highest BCUT2D eigenvalue weighted by molar-refractivity contribution is 9.10. The van der Waals surface area contributed by atoms with Gasteiger partial charge in [0.1, 0.15) is 11.5 Å². The molecule has 3 aromatic rings. The number of unbranched alkanes of at least 4 members (excludes halogenated alkanes) is 1. The summed E-state index contributed by atoms with van der Waals surface area (Å²) in [5, 5.41) is 0. The molecule has 3 aromatic carbocycles. The molecule has 0 heterocycles. The molecular formula is C29H33BrO2. The minimum absolute atomic E-state index is 0.578. The molecule has 0 aliphatic rings. The van der Waals surface area contributed by atoms with Crippen LogP contribution in [0, 0.1) is 5.92 Å². The Morgan fingerprint density at radius 3 is 2.31 bits per heavy atom. The molecule has 32 heavy (non-hydrogen) atoms. The van der Waals surface area contributed by atoms with Gasteiger partial charge in [-0.05, 0) is 65.4 Å².